The van der Waals surface area contributed by atoms with E-state index in [0.717, 1.165) is 5.56 Å². The third-order valence-electron chi connectivity index (χ3n) is 2.02. The Morgan fingerprint density at radius 3 is 2.62 bits per heavy atom. The standard InChI is InChI=1S/C12H16O4/c1-2-16-11(12(13)14)9-15-8-10-6-4-3-5-7-10/h3-7,11H,2,8-9H2,1H3,(H,13,14). The molecular weight excluding hydrogens is 208 g/mol. The molecular formula is C12H16O4. The van der Waals surface area contributed by atoms with Crippen LogP contribution in [0.15, 0.2) is 30.3 Å². The van der Waals surface area contributed by atoms with Gasteiger partial charge in [-0.2, -0.15) is 0 Å². The van der Waals surface area contributed by atoms with Gasteiger partial charge in [0.2, 0.25) is 0 Å². The van der Waals surface area contributed by atoms with Crippen molar-refractivity contribution in [2.24, 2.45) is 0 Å². The summed E-state index contributed by atoms with van der Waals surface area (Å²) in [6.45, 7) is 2.59. The topological polar surface area (TPSA) is 55.8 Å². The minimum atomic E-state index is -0.991. The third-order valence-corrected chi connectivity index (χ3v) is 2.02. The number of carboxylic acid groups (broad SMARTS) is 1. The molecule has 0 aliphatic heterocycles. The number of aliphatic carboxylic acids is 1. The van der Waals surface area contributed by atoms with Crippen LogP contribution in [0.4, 0.5) is 0 Å². The summed E-state index contributed by atoms with van der Waals surface area (Å²) in [4.78, 5) is 10.7. The number of hydrogen-bond acceptors (Lipinski definition) is 3. The summed E-state index contributed by atoms with van der Waals surface area (Å²) in [6.07, 6.45) is -0.881. The van der Waals surface area contributed by atoms with Gasteiger partial charge in [-0.15, -0.1) is 0 Å². The van der Waals surface area contributed by atoms with Gasteiger partial charge in [0.05, 0.1) is 13.2 Å². The molecule has 0 fully saturated rings. The third kappa shape index (κ3) is 4.42. The van der Waals surface area contributed by atoms with Gasteiger partial charge in [0.1, 0.15) is 0 Å². The molecule has 1 rings (SSSR count). The molecule has 1 aromatic carbocycles. The highest BCUT2D eigenvalue weighted by molar-refractivity contribution is 5.72. The number of carboxylic acids is 1. The normalized spacial score (nSPS) is 12.3. The quantitative estimate of drug-likeness (QED) is 0.765. The fourth-order valence-corrected chi connectivity index (χ4v) is 1.25. The SMILES string of the molecule is CCOC(COCc1ccccc1)C(=O)O. The average molecular weight is 224 g/mol. The van der Waals surface area contributed by atoms with E-state index in [0.29, 0.717) is 13.2 Å². The van der Waals surface area contributed by atoms with Gasteiger partial charge in [-0.1, -0.05) is 30.3 Å². The monoisotopic (exact) mass is 224 g/mol. The molecule has 0 aliphatic carbocycles. The maximum absolute atomic E-state index is 10.7. The van der Waals surface area contributed by atoms with E-state index in [2.05, 4.69) is 0 Å². The van der Waals surface area contributed by atoms with Crippen molar-refractivity contribution in [1.29, 1.82) is 0 Å². The highest BCUT2D eigenvalue weighted by Gasteiger charge is 2.17. The van der Waals surface area contributed by atoms with Crippen LogP contribution >= 0.6 is 0 Å². The van der Waals surface area contributed by atoms with Gasteiger partial charge in [0, 0.05) is 6.61 Å². The molecule has 1 N–H and O–H groups in total. The number of rotatable bonds is 7. The molecule has 0 radical (unpaired) electrons. The zero-order valence-electron chi connectivity index (χ0n) is 9.26. The van der Waals surface area contributed by atoms with Crippen molar-refractivity contribution in [1.82, 2.24) is 0 Å². The fraction of sp³-hybridized carbons (Fsp3) is 0.417. The minimum absolute atomic E-state index is 0.0675. The highest BCUT2D eigenvalue weighted by Crippen LogP contribution is 2.02. The number of hydrogen-bond donors (Lipinski definition) is 1. The van der Waals surface area contributed by atoms with Crippen LogP contribution in [-0.2, 0) is 20.9 Å². The van der Waals surface area contributed by atoms with E-state index in [1.165, 1.54) is 0 Å². The summed E-state index contributed by atoms with van der Waals surface area (Å²) in [7, 11) is 0. The molecule has 0 amide bonds. The van der Waals surface area contributed by atoms with Crippen molar-refractivity contribution in [3.63, 3.8) is 0 Å². The largest absolute Gasteiger partial charge is 0.479 e. The lowest BCUT2D eigenvalue weighted by atomic mass is 10.2. The van der Waals surface area contributed by atoms with Crippen LogP contribution in [0.2, 0.25) is 0 Å². The molecule has 0 saturated carbocycles. The first-order valence-corrected chi connectivity index (χ1v) is 5.20. The summed E-state index contributed by atoms with van der Waals surface area (Å²) in [5, 5.41) is 8.80. The van der Waals surface area contributed by atoms with E-state index < -0.39 is 12.1 Å². The van der Waals surface area contributed by atoms with Gasteiger partial charge in [0.15, 0.2) is 6.10 Å². The zero-order valence-corrected chi connectivity index (χ0v) is 9.26. The predicted octanol–water partition coefficient (Wildman–Crippen LogP) is 1.69. The molecule has 0 heterocycles. The maximum atomic E-state index is 10.7. The van der Waals surface area contributed by atoms with Gasteiger partial charge >= 0.3 is 5.97 Å². The maximum Gasteiger partial charge on any atom is 0.335 e. The first-order valence-electron chi connectivity index (χ1n) is 5.20. The molecule has 0 aliphatic rings. The lowest BCUT2D eigenvalue weighted by Crippen LogP contribution is -2.29. The minimum Gasteiger partial charge on any atom is -0.479 e. The van der Waals surface area contributed by atoms with Crippen LogP contribution in [0, 0.1) is 0 Å². The van der Waals surface area contributed by atoms with Crippen LogP contribution in [0.5, 0.6) is 0 Å². The molecule has 0 bridgehead atoms. The van der Waals surface area contributed by atoms with Gasteiger partial charge < -0.3 is 14.6 Å². The van der Waals surface area contributed by atoms with E-state index in [-0.39, 0.29) is 6.61 Å². The second kappa shape index (κ2) is 6.98. The van der Waals surface area contributed by atoms with E-state index in [1.807, 2.05) is 30.3 Å². The van der Waals surface area contributed by atoms with Gasteiger partial charge in [-0.05, 0) is 12.5 Å². The van der Waals surface area contributed by atoms with Gasteiger partial charge in [-0.25, -0.2) is 4.79 Å². The van der Waals surface area contributed by atoms with Crippen LogP contribution in [0.1, 0.15) is 12.5 Å². The summed E-state index contributed by atoms with van der Waals surface area (Å²) < 4.78 is 10.3. The Hall–Kier alpha value is -1.39. The Morgan fingerprint density at radius 1 is 1.38 bits per heavy atom. The summed E-state index contributed by atoms with van der Waals surface area (Å²) in [6, 6.07) is 9.60. The predicted molar refractivity (Wildman–Crippen MR) is 59.1 cm³/mol. The van der Waals surface area contributed by atoms with Crippen molar-refractivity contribution in [2.75, 3.05) is 13.2 Å². The van der Waals surface area contributed by atoms with Crippen molar-refractivity contribution >= 4 is 5.97 Å². The summed E-state index contributed by atoms with van der Waals surface area (Å²) in [5.74, 6) is -0.991. The van der Waals surface area contributed by atoms with Crippen LogP contribution < -0.4 is 0 Å². The Kier molecular flexibility index (Phi) is 5.53. The number of carbonyl (C=O) groups is 1. The smallest absolute Gasteiger partial charge is 0.335 e. The molecule has 16 heavy (non-hydrogen) atoms. The fourth-order valence-electron chi connectivity index (χ4n) is 1.25. The van der Waals surface area contributed by atoms with Crippen molar-refractivity contribution in [3.8, 4) is 0 Å². The Balaban J connectivity index is 2.31. The zero-order chi connectivity index (χ0) is 11.8. The van der Waals surface area contributed by atoms with E-state index >= 15 is 0 Å². The number of ether oxygens (including phenoxy) is 2. The summed E-state index contributed by atoms with van der Waals surface area (Å²) in [5.41, 5.74) is 1.02. The molecule has 1 atom stereocenters. The van der Waals surface area contributed by atoms with E-state index in [1.54, 1.807) is 6.92 Å². The summed E-state index contributed by atoms with van der Waals surface area (Å²) >= 11 is 0. The molecule has 0 saturated heterocycles. The van der Waals surface area contributed by atoms with Crippen LogP contribution in [0.25, 0.3) is 0 Å². The Bertz CT molecular complexity index is 310. The number of benzene rings is 1. The molecule has 4 nitrogen and oxygen atoms in total. The molecule has 0 spiro atoms. The molecule has 0 aromatic heterocycles. The lowest BCUT2D eigenvalue weighted by molar-refractivity contribution is -0.154. The second-order valence-electron chi connectivity index (χ2n) is 3.28. The van der Waals surface area contributed by atoms with Gasteiger partial charge in [0.25, 0.3) is 0 Å². The van der Waals surface area contributed by atoms with Crippen molar-refractivity contribution in [2.45, 2.75) is 19.6 Å². The van der Waals surface area contributed by atoms with Crippen molar-refractivity contribution in [3.05, 3.63) is 35.9 Å². The molecule has 88 valence electrons. The van der Waals surface area contributed by atoms with Crippen LogP contribution in [-0.4, -0.2) is 30.4 Å². The lowest BCUT2D eigenvalue weighted by Gasteiger charge is -2.12. The highest BCUT2D eigenvalue weighted by atomic mass is 16.5. The molecule has 4 heteroatoms. The first kappa shape index (κ1) is 12.7. The van der Waals surface area contributed by atoms with Crippen molar-refractivity contribution < 1.29 is 19.4 Å². The second-order valence-corrected chi connectivity index (χ2v) is 3.28. The first-order chi connectivity index (χ1) is 7.74. The average Bonchev–Trinajstić information content (AvgIpc) is 2.29. The van der Waals surface area contributed by atoms with Gasteiger partial charge in [-0.3, -0.25) is 0 Å². The van der Waals surface area contributed by atoms with E-state index in [4.69, 9.17) is 14.6 Å². The Morgan fingerprint density at radius 2 is 2.06 bits per heavy atom. The Labute approximate surface area is 94.8 Å². The molecule has 1 aromatic rings. The molecule has 1 unspecified atom stereocenters. The van der Waals surface area contributed by atoms with Crippen LogP contribution in [0.3, 0.4) is 0 Å². The van der Waals surface area contributed by atoms with E-state index in [9.17, 15) is 4.79 Å².